The minimum atomic E-state index is -0.842. The Kier molecular flexibility index (Phi) is 3.94. The molecule has 1 aromatic carbocycles. The van der Waals surface area contributed by atoms with Gasteiger partial charge in [-0.1, -0.05) is 15.9 Å². The van der Waals surface area contributed by atoms with Gasteiger partial charge in [0.25, 0.3) is 0 Å². The lowest BCUT2D eigenvalue weighted by Gasteiger charge is -2.04. The van der Waals surface area contributed by atoms with Crippen LogP contribution in [0.4, 0.5) is 0 Å². The first-order chi connectivity index (χ1) is 6.00. The minimum absolute atomic E-state index is 0.0125. The first-order valence-corrected chi connectivity index (χ1v) is 5.74. The summed E-state index contributed by atoms with van der Waals surface area (Å²) in [7, 11) is 0. The van der Waals surface area contributed by atoms with E-state index in [1.54, 1.807) is 6.07 Å². The van der Waals surface area contributed by atoms with E-state index >= 15 is 0 Å². The van der Waals surface area contributed by atoms with Crippen molar-refractivity contribution in [3.8, 4) is 0 Å². The van der Waals surface area contributed by atoms with Crippen LogP contribution in [0, 0.1) is 0 Å². The quantitative estimate of drug-likeness (QED) is 0.805. The van der Waals surface area contributed by atoms with Crippen LogP contribution in [0.15, 0.2) is 25.6 Å². The summed E-state index contributed by atoms with van der Waals surface area (Å²) in [5.41, 5.74) is 0.744. The minimum Gasteiger partial charge on any atom is -0.481 e. The van der Waals surface area contributed by atoms with Crippen LogP contribution in [0.2, 0.25) is 0 Å². The molecule has 70 valence electrons. The number of aliphatic carboxylic acids is 1. The zero-order valence-electron chi connectivity index (χ0n) is 6.35. The summed E-state index contributed by atoms with van der Waals surface area (Å²) in [6, 6.07) is 3.64. The van der Waals surface area contributed by atoms with E-state index in [0.717, 1.165) is 19.0 Å². The van der Waals surface area contributed by atoms with Crippen molar-refractivity contribution in [1.29, 1.82) is 0 Å². The van der Waals surface area contributed by atoms with Gasteiger partial charge in [0.1, 0.15) is 0 Å². The molecule has 0 bridgehead atoms. The Balaban J connectivity index is 3.12. The zero-order valence-corrected chi connectivity index (χ0v) is 11.1. The highest BCUT2D eigenvalue weighted by molar-refractivity contribution is 9.13. The van der Waals surface area contributed by atoms with Crippen LogP contribution in [-0.4, -0.2) is 11.1 Å². The summed E-state index contributed by atoms with van der Waals surface area (Å²) in [6.07, 6.45) is 0.0125. The second kappa shape index (κ2) is 4.57. The maximum Gasteiger partial charge on any atom is 0.307 e. The number of carbonyl (C=O) groups is 1. The Bertz CT molecular complexity index is 349. The van der Waals surface area contributed by atoms with Gasteiger partial charge >= 0.3 is 5.97 Å². The van der Waals surface area contributed by atoms with Gasteiger partial charge in [0.15, 0.2) is 0 Å². The highest BCUT2D eigenvalue weighted by Crippen LogP contribution is 2.30. The lowest BCUT2D eigenvalue weighted by atomic mass is 10.2. The molecule has 0 fully saturated rings. The largest absolute Gasteiger partial charge is 0.481 e. The van der Waals surface area contributed by atoms with Crippen molar-refractivity contribution < 1.29 is 9.90 Å². The molecule has 0 spiro atoms. The lowest BCUT2D eigenvalue weighted by Crippen LogP contribution is -2.01. The molecule has 0 unspecified atom stereocenters. The van der Waals surface area contributed by atoms with Gasteiger partial charge in [-0.15, -0.1) is 0 Å². The molecule has 0 aliphatic carbocycles. The van der Waals surface area contributed by atoms with Gasteiger partial charge in [-0.3, -0.25) is 4.79 Å². The summed E-state index contributed by atoms with van der Waals surface area (Å²) in [5, 5.41) is 8.62. The molecule has 0 radical (unpaired) electrons. The number of hydrogen-bond acceptors (Lipinski definition) is 1. The fourth-order valence-corrected chi connectivity index (χ4v) is 2.58. The number of hydrogen-bond donors (Lipinski definition) is 1. The van der Waals surface area contributed by atoms with E-state index in [2.05, 4.69) is 47.8 Å². The maximum atomic E-state index is 10.5. The van der Waals surface area contributed by atoms with E-state index in [-0.39, 0.29) is 6.42 Å². The van der Waals surface area contributed by atoms with E-state index in [4.69, 9.17) is 5.11 Å². The van der Waals surface area contributed by atoms with Gasteiger partial charge in [-0.2, -0.15) is 0 Å². The van der Waals surface area contributed by atoms with Crippen LogP contribution in [0.25, 0.3) is 0 Å². The average molecular weight is 373 g/mol. The van der Waals surface area contributed by atoms with E-state index in [0.29, 0.717) is 0 Å². The fraction of sp³-hybridized carbons (Fsp3) is 0.125. The molecule has 0 aliphatic rings. The van der Waals surface area contributed by atoms with Crippen LogP contribution >= 0.6 is 47.8 Å². The number of halogens is 3. The van der Waals surface area contributed by atoms with Crippen LogP contribution < -0.4 is 0 Å². The van der Waals surface area contributed by atoms with Crippen molar-refractivity contribution >= 4 is 53.8 Å². The lowest BCUT2D eigenvalue weighted by molar-refractivity contribution is -0.136. The Morgan fingerprint density at radius 1 is 1.31 bits per heavy atom. The molecule has 0 saturated carbocycles. The molecule has 1 rings (SSSR count). The van der Waals surface area contributed by atoms with Crippen molar-refractivity contribution in [3.05, 3.63) is 31.1 Å². The number of rotatable bonds is 2. The van der Waals surface area contributed by atoms with E-state index in [1.165, 1.54) is 0 Å². The summed E-state index contributed by atoms with van der Waals surface area (Å²) < 4.78 is 2.50. The molecule has 0 aliphatic heterocycles. The van der Waals surface area contributed by atoms with Crippen molar-refractivity contribution in [2.24, 2.45) is 0 Å². The topological polar surface area (TPSA) is 37.3 Å². The summed E-state index contributed by atoms with van der Waals surface area (Å²) in [5.74, 6) is -0.842. The van der Waals surface area contributed by atoms with Crippen molar-refractivity contribution in [1.82, 2.24) is 0 Å². The molecule has 0 heterocycles. The Hall–Kier alpha value is 0.130. The van der Waals surface area contributed by atoms with Gasteiger partial charge in [0, 0.05) is 13.4 Å². The fourth-order valence-electron chi connectivity index (χ4n) is 0.901. The molecule has 5 heteroatoms. The third-order valence-electron chi connectivity index (χ3n) is 1.41. The Morgan fingerprint density at radius 3 is 2.46 bits per heavy atom. The third-order valence-corrected chi connectivity index (χ3v) is 3.96. The standard InChI is InChI=1S/C8H5Br3O2/c9-5-1-4(2-7(12)13)8(11)6(10)3-5/h1,3H,2H2,(H,12,13). The smallest absolute Gasteiger partial charge is 0.307 e. The number of carboxylic acid groups (broad SMARTS) is 1. The van der Waals surface area contributed by atoms with E-state index in [9.17, 15) is 4.79 Å². The van der Waals surface area contributed by atoms with Gasteiger partial charge in [0.2, 0.25) is 0 Å². The second-order valence-corrected chi connectivity index (χ2v) is 4.99. The van der Waals surface area contributed by atoms with Crippen LogP contribution in [0.5, 0.6) is 0 Å². The molecule has 0 aromatic heterocycles. The number of carboxylic acids is 1. The predicted molar refractivity (Wildman–Crippen MR) is 60.9 cm³/mol. The van der Waals surface area contributed by atoms with Crippen molar-refractivity contribution in [2.45, 2.75) is 6.42 Å². The Labute approximate surface area is 101 Å². The summed E-state index contributed by atoms with van der Waals surface area (Å²) in [6.45, 7) is 0. The number of benzene rings is 1. The Morgan fingerprint density at radius 2 is 1.92 bits per heavy atom. The normalized spacial score (nSPS) is 10.1. The predicted octanol–water partition coefficient (Wildman–Crippen LogP) is 3.60. The van der Waals surface area contributed by atoms with Gasteiger partial charge in [-0.25, -0.2) is 0 Å². The van der Waals surface area contributed by atoms with Gasteiger partial charge < -0.3 is 5.11 Å². The molecular weight excluding hydrogens is 368 g/mol. The first-order valence-electron chi connectivity index (χ1n) is 3.36. The monoisotopic (exact) mass is 370 g/mol. The van der Waals surface area contributed by atoms with Gasteiger partial charge in [-0.05, 0) is 49.6 Å². The summed E-state index contributed by atoms with van der Waals surface area (Å²) in [4.78, 5) is 10.5. The van der Waals surface area contributed by atoms with Crippen LogP contribution in [-0.2, 0) is 11.2 Å². The molecule has 13 heavy (non-hydrogen) atoms. The molecule has 2 nitrogen and oxygen atoms in total. The molecule has 0 amide bonds. The highest BCUT2D eigenvalue weighted by Gasteiger charge is 2.08. The first kappa shape index (κ1) is 11.2. The third kappa shape index (κ3) is 3.07. The molecule has 0 saturated heterocycles. The van der Waals surface area contributed by atoms with Crippen molar-refractivity contribution in [2.75, 3.05) is 0 Å². The maximum absolute atomic E-state index is 10.5. The molecule has 1 aromatic rings. The molecule has 0 atom stereocenters. The van der Waals surface area contributed by atoms with Crippen molar-refractivity contribution in [3.63, 3.8) is 0 Å². The SMILES string of the molecule is O=C(O)Cc1cc(Br)cc(Br)c1Br. The average Bonchev–Trinajstić information content (AvgIpc) is 1.98. The molecule has 1 N–H and O–H groups in total. The van der Waals surface area contributed by atoms with Crippen LogP contribution in [0.3, 0.4) is 0 Å². The zero-order chi connectivity index (χ0) is 10.0. The van der Waals surface area contributed by atoms with E-state index in [1.807, 2.05) is 6.07 Å². The second-order valence-electron chi connectivity index (χ2n) is 2.43. The molecular formula is C8H5Br3O2. The highest BCUT2D eigenvalue weighted by atomic mass is 79.9. The van der Waals surface area contributed by atoms with Gasteiger partial charge in [0.05, 0.1) is 6.42 Å². The van der Waals surface area contributed by atoms with E-state index < -0.39 is 5.97 Å². The summed E-state index contributed by atoms with van der Waals surface area (Å²) >= 11 is 9.92. The van der Waals surface area contributed by atoms with Crippen LogP contribution in [0.1, 0.15) is 5.56 Å².